The van der Waals surface area contributed by atoms with Crippen molar-refractivity contribution < 1.29 is 21.6 Å². The number of halogens is 4. The summed E-state index contributed by atoms with van der Waals surface area (Å²) >= 11 is 0. The average Bonchev–Trinajstić information content (AvgIpc) is 2.39. The number of alkyl halides is 3. The molecule has 1 unspecified atom stereocenters. The Morgan fingerprint density at radius 1 is 1.23 bits per heavy atom. The van der Waals surface area contributed by atoms with Crippen molar-refractivity contribution in [3.05, 3.63) is 0 Å². The second-order valence-electron chi connectivity index (χ2n) is 4.78. The first-order chi connectivity index (χ1) is 9.72. The fourth-order valence-electron chi connectivity index (χ4n) is 2.28. The average molecular weight is 369 g/mol. The van der Waals surface area contributed by atoms with Gasteiger partial charge < -0.3 is 5.32 Å². The molecule has 134 valence electrons. The van der Waals surface area contributed by atoms with Crippen molar-refractivity contribution in [1.82, 2.24) is 19.2 Å². The van der Waals surface area contributed by atoms with Gasteiger partial charge in [0.15, 0.2) is 0 Å². The van der Waals surface area contributed by atoms with Crippen LogP contribution < -0.4 is 10.0 Å². The molecule has 6 nitrogen and oxygen atoms in total. The molecule has 1 fully saturated rings. The van der Waals surface area contributed by atoms with Gasteiger partial charge in [-0.15, -0.1) is 12.4 Å². The monoisotopic (exact) mass is 368 g/mol. The van der Waals surface area contributed by atoms with Crippen LogP contribution in [0.25, 0.3) is 0 Å². The molecule has 2 N–H and O–H groups in total. The van der Waals surface area contributed by atoms with E-state index < -0.39 is 29.0 Å². The van der Waals surface area contributed by atoms with E-state index in [2.05, 4.69) is 10.0 Å². The lowest BCUT2D eigenvalue weighted by atomic mass is 10.2. The molecule has 22 heavy (non-hydrogen) atoms. The second kappa shape index (κ2) is 9.24. The minimum Gasteiger partial charge on any atom is -0.314 e. The van der Waals surface area contributed by atoms with Gasteiger partial charge >= 0.3 is 6.18 Å². The standard InChI is InChI=1S/C11H23F3N4O2S.ClH/c1-3-18(4-2)21(19,20)16-9-10(11(12,13)14)17-7-5-15-6-8-17;/h10,15-16H,3-9H2,1-2H3;1H. The van der Waals surface area contributed by atoms with Gasteiger partial charge in [0.05, 0.1) is 0 Å². The highest BCUT2D eigenvalue weighted by Gasteiger charge is 2.44. The lowest BCUT2D eigenvalue weighted by molar-refractivity contribution is -0.182. The molecule has 0 aliphatic carbocycles. The Balaban J connectivity index is 0.00000441. The maximum Gasteiger partial charge on any atom is 0.405 e. The van der Waals surface area contributed by atoms with Gasteiger partial charge in [-0.05, 0) is 0 Å². The van der Waals surface area contributed by atoms with Gasteiger partial charge in [0.2, 0.25) is 0 Å². The minimum absolute atomic E-state index is 0. The third-order valence-electron chi connectivity index (χ3n) is 3.47. The van der Waals surface area contributed by atoms with Crippen molar-refractivity contribution in [3.8, 4) is 0 Å². The fraction of sp³-hybridized carbons (Fsp3) is 1.00. The predicted octanol–water partition coefficient (Wildman–Crippen LogP) is 0.421. The van der Waals surface area contributed by atoms with Crippen LogP contribution in [0.3, 0.4) is 0 Å². The Morgan fingerprint density at radius 2 is 1.73 bits per heavy atom. The van der Waals surface area contributed by atoms with Gasteiger partial charge in [-0.2, -0.15) is 25.9 Å². The van der Waals surface area contributed by atoms with Gasteiger partial charge in [-0.25, -0.2) is 4.72 Å². The summed E-state index contributed by atoms with van der Waals surface area (Å²) in [5.74, 6) is 0. The third-order valence-corrected chi connectivity index (χ3v) is 5.20. The van der Waals surface area contributed by atoms with E-state index in [-0.39, 0.29) is 38.6 Å². The zero-order valence-corrected chi connectivity index (χ0v) is 14.3. The number of piperazine rings is 1. The summed E-state index contributed by atoms with van der Waals surface area (Å²) in [5, 5.41) is 2.97. The van der Waals surface area contributed by atoms with Crippen LogP contribution in [0, 0.1) is 0 Å². The van der Waals surface area contributed by atoms with Crippen LogP contribution >= 0.6 is 12.4 Å². The Hall–Kier alpha value is -0.130. The van der Waals surface area contributed by atoms with Crippen molar-refractivity contribution in [3.63, 3.8) is 0 Å². The zero-order chi connectivity index (χ0) is 16.1. The number of nitrogens with one attached hydrogen (secondary N) is 2. The lowest BCUT2D eigenvalue weighted by Crippen LogP contribution is -2.58. The first kappa shape index (κ1) is 21.9. The van der Waals surface area contributed by atoms with Gasteiger partial charge in [0.1, 0.15) is 6.04 Å². The molecule has 0 bridgehead atoms. The minimum atomic E-state index is -4.47. The number of nitrogens with zero attached hydrogens (tertiary/aromatic N) is 2. The van der Waals surface area contributed by atoms with Crippen LogP contribution in [0.4, 0.5) is 13.2 Å². The third kappa shape index (κ3) is 6.17. The molecular formula is C11H24ClF3N4O2S. The van der Waals surface area contributed by atoms with E-state index in [1.807, 2.05) is 0 Å². The first-order valence-corrected chi connectivity index (χ1v) is 8.42. The molecule has 11 heteroatoms. The van der Waals surface area contributed by atoms with Crippen molar-refractivity contribution in [1.29, 1.82) is 0 Å². The predicted molar refractivity (Wildman–Crippen MR) is 81.4 cm³/mol. The number of rotatable bonds is 7. The number of hydrogen-bond acceptors (Lipinski definition) is 4. The normalized spacial score (nSPS) is 19.0. The summed E-state index contributed by atoms with van der Waals surface area (Å²) in [7, 11) is -3.88. The smallest absolute Gasteiger partial charge is 0.314 e. The van der Waals surface area contributed by atoms with E-state index in [4.69, 9.17) is 0 Å². The molecule has 0 radical (unpaired) electrons. The molecular weight excluding hydrogens is 345 g/mol. The van der Waals surface area contributed by atoms with Crippen LogP contribution in [0.2, 0.25) is 0 Å². The van der Waals surface area contributed by atoms with Crippen LogP contribution in [-0.4, -0.2) is 75.7 Å². The molecule has 1 saturated heterocycles. The molecule has 1 heterocycles. The summed E-state index contributed by atoms with van der Waals surface area (Å²) in [6.07, 6.45) is -4.47. The van der Waals surface area contributed by atoms with E-state index in [1.54, 1.807) is 13.8 Å². The Bertz CT molecular complexity index is 412. The lowest BCUT2D eigenvalue weighted by Gasteiger charge is -2.36. The molecule has 0 saturated carbocycles. The van der Waals surface area contributed by atoms with E-state index in [1.165, 1.54) is 4.90 Å². The van der Waals surface area contributed by atoms with Crippen molar-refractivity contribution in [2.24, 2.45) is 0 Å². The maximum absolute atomic E-state index is 13.1. The van der Waals surface area contributed by atoms with Gasteiger partial charge in [-0.1, -0.05) is 13.8 Å². The Morgan fingerprint density at radius 3 is 2.14 bits per heavy atom. The maximum atomic E-state index is 13.1. The molecule has 0 aromatic heterocycles. The fourth-order valence-corrected chi connectivity index (χ4v) is 3.52. The molecule has 1 aliphatic rings. The van der Waals surface area contributed by atoms with Crippen molar-refractivity contribution in [2.45, 2.75) is 26.1 Å². The Kier molecular flexibility index (Phi) is 9.18. The van der Waals surface area contributed by atoms with Crippen molar-refractivity contribution in [2.75, 3.05) is 45.8 Å². The topological polar surface area (TPSA) is 64.7 Å². The van der Waals surface area contributed by atoms with E-state index in [0.29, 0.717) is 13.1 Å². The van der Waals surface area contributed by atoms with Crippen LogP contribution in [-0.2, 0) is 10.2 Å². The SMILES string of the molecule is CCN(CC)S(=O)(=O)NCC(N1CCNCC1)C(F)(F)F.Cl. The van der Waals surface area contributed by atoms with Crippen LogP contribution in [0.15, 0.2) is 0 Å². The largest absolute Gasteiger partial charge is 0.405 e. The summed E-state index contributed by atoms with van der Waals surface area (Å²) < 4.78 is 66.4. The molecule has 0 aromatic rings. The van der Waals surface area contributed by atoms with E-state index in [0.717, 1.165) is 4.31 Å². The van der Waals surface area contributed by atoms with E-state index in [9.17, 15) is 21.6 Å². The molecule has 0 amide bonds. The summed E-state index contributed by atoms with van der Waals surface area (Å²) in [5.41, 5.74) is 0. The molecule has 1 atom stereocenters. The zero-order valence-electron chi connectivity index (χ0n) is 12.7. The number of hydrogen-bond donors (Lipinski definition) is 2. The van der Waals surface area contributed by atoms with Crippen molar-refractivity contribution >= 4 is 22.6 Å². The second-order valence-corrected chi connectivity index (χ2v) is 6.54. The van der Waals surface area contributed by atoms with Crippen LogP contribution in [0.5, 0.6) is 0 Å². The van der Waals surface area contributed by atoms with E-state index >= 15 is 0 Å². The highest BCUT2D eigenvalue weighted by atomic mass is 35.5. The quantitative estimate of drug-likeness (QED) is 0.683. The molecule has 0 spiro atoms. The molecule has 1 rings (SSSR count). The van der Waals surface area contributed by atoms with Gasteiger partial charge in [0.25, 0.3) is 10.2 Å². The van der Waals surface area contributed by atoms with Gasteiger partial charge in [-0.3, -0.25) is 4.90 Å². The summed E-state index contributed by atoms with van der Waals surface area (Å²) in [6, 6.07) is -1.80. The Labute approximate surface area is 136 Å². The molecule has 0 aromatic carbocycles. The molecule has 1 aliphatic heterocycles. The van der Waals surface area contributed by atoms with Crippen LogP contribution in [0.1, 0.15) is 13.8 Å². The summed E-state index contributed by atoms with van der Waals surface area (Å²) in [4.78, 5) is 1.27. The summed E-state index contributed by atoms with van der Waals surface area (Å²) in [6.45, 7) is 4.48. The highest BCUT2D eigenvalue weighted by molar-refractivity contribution is 7.87. The van der Waals surface area contributed by atoms with Gasteiger partial charge in [0, 0.05) is 45.8 Å². The highest BCUT2D eigenvalue weighted by Crippen LogP contribution is 2.25. The first-order valence-electron chi connectivity index (χ1n) is 6.98.